The van der Waals surface area contributed by atoms with Crippen molar-refractivity contribution in [3.63, 3.8) is 0 Å². The number of aliphatic carboxylic acids is 1. The van der Waals surface area contributed by atoms with E-state index >= 15 is 0 Å². The first-order chi connectivity index (χ1) is 6.18. The molecule has 1 aromatic rings. The van der Waals surface area contributed by atoms with E-state index in [0.29, 0.717) is 6.61 Å². The van der Waals surface area contributed by atoms with Crippen LogP contribution in [0.15, 0.2) is 15.9 Å². The topological polar surface area (TPSA) is 46.5 Å². The lowest BCUT2D eigenvalue weighted by Gasteiger charge is -1.98. The Morgan fingerprint density at radius 3 is 2.92 bits per heavy atom. The van der Waals surface area contributed by atoms with Gasteiger partial charge in [0, 0.05) is 11.3 Å². The van der Waals surface area contributed by atoms with Gasteiger partial charge in [-0.25, -0.2) is 4.79 Å². The first kappa shape index (κ1) is 10.7. The maximum atomic E-state index is 10.1. The van der Waals surface area contributed by atoms with Gasteiger partial charge in [0.05, 0.1) is 10.4 Å². The summed E-state index contributed by atoms with van der Waals surface area (Å²) < 4.78 is 5.98. The van der Waals surface area contributed by atoms with Crippen LogP contribution in [0.25, 0.3) is 0 Å². The predicted octanol–water partition coefficient (Wildman–Crippen LogP) is 2.15. The highest BCUT2D eigenvalue weighted by Gasteiger charge is 1.99. The molecule has 0 unspecified atom stereocenters. The molecule has 0 aliphatic rings. The van der Waals surface area contributed by atoms with E-state index in [-0.39, 0.29) is 6.61 Å². The molecule has 0 saturated carbocycles. The van der Waals surface area contributed by atoms with Crippen LogP contribution in [0.1, 0.15) is 4.88 Å². The van der Waals surface area contributed by atoms with E-state index in [4.69, 9.17) is 9.84 Å². The number of carbonyl (C=O) groups is 1. The number of thiophene rings is 1. The minimum atomic E-state index is -0.924. The van der Waals surface area contributed by atoms with Crippen molar-refractivity contribution < 1.29 is 14.6 Å². The Kier molecular flexibility index (Phi) is 4.41. The molecule has 13 heavy (non-hydrogen) atoms. The van der Waals surface area contributed by atoms with Gasteiger partial charge in [-0.1, -0.05) is 0 Å². The summed E-state index contributed by atoms with van der Waals surface area (Å²) >= 11 is 4.98. The summed E-state index contributed by atoms with van der Waals surface area (Å²) in [4.78, 5) is 11.3. The van der Waals surface area contributed by atoms with Crippen LogP contribution in [0.2, 0.25) is 0 Å². The predicted molar refractivity (Wildman–Crippen MR) is 54.2 cm³/mol. The third kappa shape index (κ3) is 4.40. The van der Waals surface area contributed by atoms with Gasteiger partial charge in [0.15, 0.2) is 0 Å². The summed E-state index contributed by atoms with van der Waals surface area (Å²) in [7, 11) is 0. The molecular weight excluding hydrogens is 256 g/mol. The fraction of sp³-hybridized carbons (Fsp3) is 0.375. The zero-order valence-corrected chi connectivity index (χ0v) is 9.23. The van der Waals surface area contributed by atoms with Gasteiger partial charge in [0.25, 0.3) is 0 Å². The molecule has 0 fully saturated rings. The SMILES string of the molecule is O=C(O)COCCc1ccc(Br)s1. The average Bonchev–Trinajstić information content (AvgIpc) is 2.45. The minimum Gasteiger partial charge on any atom is -0.480 e. The monoisotopic (exact) mass is 264 g/mol. The molecule has 3 nitrogen and oxygen atoms in total. The molecule has 1 N–H and O–H groups in total. The molecule has 1 rings (SSSR count). The summed E-state index contributed by atoms with van der Waals surface area (Å²) in [5, 5.41) is 8.28. The molecule has 72 valence electrons. The maximum absolute atomic E-state index is 10.1. The van der Waals surface area contributed by atoms with Crippen LogP contribution in [-0.4, -0.2) is 24.3 Å². The summed E-state index contributed by atoms with van der Waals surface area (Å²) in [6, 6.07) is 3.97. The van der Waals surface area contributed by atoms with Crippen molar-refractivity contribution in [3.05, 3.63) is 20.8 Å². The molecule has 0 atom stereocenters. The Bertz CT molecular complexity index is 285. The number of ether oxygens (including phenoxy) is 1. The largest absolute Gasteiger partial charge is 0.480 e. The van der Waals surface area contributed by atoms with E-state index in [1.165, 1.54) is 4.88 Å². The zero-order chi connectivity index (χ0) is 9.68. The molecular formula is C8H9BrO3S. The minimum absolute atomic E-state index is 0.216. The first-order valence-electron chi connectivity index (χ1n) is 3.72. The number of halogens is 1. The van der Waals surface area contributed by atoms with E-state index in [0.717, 1.165) is 10.2 Å². The highest BCUT2D eigenvalue weighted by molar-refractivity contribution is 9.11. The van der Waals surface area contributed by atoms with Gasteiger partial charge in [0.1, 0.15) is 6.61 Å². The van der Waals surface area contributed by atoms with Crippen molar-refractivity contribution in [1.82, 2.24) is 0 Å². The third-order valence-electron chi connectivity index (χ3n) is 1.35. The van der Waals surface area contributed by atoms with Crippen LogP contribution in [0.4, 0.5) is 0 Å². The fourth-order valence-electron chi connectivity index (χ4n) is 0.818. The van der Waals surface area contributed by atoms with Crippen LogP contribution < -0.4 is 0 Å². The molecule has 0 aromatic carbocycles. The lowest BCUT2D eigenvalue weighted by molar-refractivity contribution is -0.142. The second-order valence-corrected chi connectivity index (χ2v) is 4.95. The normalized spacial score (nSPS) is 10.2. The summed E-state index contributed by atoms with van der Waals surface area (Å²) in [5.41, 5.74) is 0. The van der Waals surface area contributed by atoms with Crippen molar-refractivity contribution >= 4 is 33.2 Å². The molecule has 0 saturated heterocycles. The van der Waals surface area contributed by atoms with Gasteiger partial charge in [-0.2, -0.15) is 0 Å². The lowest BCUT2D eigenvalue weighted by atomic mass is 10.4. The van der Waals surface area contributed by atoms with Gasteiger partial charge in [-0.3, -0.25) is 0 Å². The Morgan fingerprint density at radius 1 is 1.62 bits per heavy atom. The molecule has 0 aliphatic heterocycles. The van der Waals surface area contributed by atoms with Crippen molar-refractivity contribution in [1.29, 1.82) is 0 Å². The Labute approximate surface area is 88.5 Å². The van der Waals surface area contributed by atoms with Crippen molar-refractivity contribution in [2.45, 2.75) is 6.42 Å². The number of carboxylic acid groups (broad SMARTS) is 1. The number of rotatable bonds is 5. The van der Waals surface area contributed by atoms with Gasteiger partial charge < -0.3 is 9.84 Å². The number of hydrogen-bond donors (Lipinski definition) is 1. The van der Waals surface area contributed by atoms with Gasteiger partial charge >= 0.3 is 5.97 Å². The average molecular weight is 265 g/mol. The first-order valence-corrected chi connectivity index (χ1v) is 5.33. The highest BCUT2D eigenvalue weighted by Crippen LogP contribution is 2.22. The third-order valence-corrected chi connectivity index (χ3v) is 3.03. The van der Waals surface area contributed by atoms with Crippen molar-refractivity contribution in [3.8, 4) is 0 Å². The van der Waals surface area contributed by atoms with Gasteiger partial charge in [-0.05, 0) is 28.1 Å². The van der Waals surface area contributed by atoms with Crippen LogP contribution in [0.3, 0.4) is 0 Å². The second-order valence-electron chi connectivity index (χ2n) is 2.40. The van der Waals surface area contributed by atoms with Crippen LogP contribution in [0, 0.1) is 0 Å². The standard InChI is InChI=1S/C8H9BrO3S/c9-7-2-1-6(13-7)3-4-12-5-8(10)11/h1-2H,3-5H2,(H,10,11). The van der Waals surface area contributed by atoms with E-state index in [1.54, 1.807) is 11.3 Å². The fourth-order valence-corrected chi connectivity index (χ4v) is 2.28. The maximum Gasteiger partial charge on any atom is 0.329 e. The van der Waals surface area contributed by atoms with E-state index in [2.05, 4.69) is 15.9 Å². The van der Waals surface area contributed by atoms with Gasteiger partial charge in [0.2, 0.25) is 0 Å². The van der Waals surface area contributed by atoms with E-state index in [1.807, 2.05) is 12.1 Å². The molecule has 1 aromatic heterocycles. The Hall–Kier alpha value is -0.390. The number of carboxylic acids is 1. The lowest BCUT2D eigenvalue weighted by Crippen LogP contribution is -2.08. The molecule has 5 heteroatoms. The Morgan fingerprint density at radius 2 is 2.38 bits per heavy atom. The molecule has 0 amide bonds. The Balaban J connectivity index is 2.16. The van der Waals surface area contributed by atoms with Crippen LogP contribution in [0.5, 0.6) is 0 Å². The number of hydrogen-bond acceptors (Lipinski definition) is 3. The quantitative estimate of drug-likeness (QED) is 0.830. The zero-order valence-electron chi connectivity index (χ0n) is 6.83. The summed E-state index contributed by atoms with van der Waals surface area (Å²) in [6.07, 6.45) is 0.767. The molecule has 0 aliphatic carbocycles. The molecule has 0 spiro atoms. The molecule has 1 heterocycles. The van der Waals surface area contributed by atoms with Crippen molar-refractivity contribution in [2.24, 2.45) is 0 Å². The molecule has 0 radical (unpaired) electrons. The van der Waals surface area contributed by atoms with Crippen molar-refractivity contribution in [2.75, 3.05) is 13.2 Å². The summed E-state index contributed by atoms with van der Waals surface area (Å²) in [5.74, 6) is -0.924. The van der Waals surface area contributed by atoms with Crippen LogP contribution in [-0.2, 0) is 16.0 Å². The van der Waals surface area contributed by atoms with Gasteiger partial charge in [-0.15, -0.1) is 11.3 Å². The van der Waals surface area contributed by atoms with Crippen LogP contribution >= 0.6 is 27.3 Å². The molecule has 0 bridgehead atoms. The highest BCUT2D eigenvalue weighted by atomic mass is 79.9. The smallest absolute Gasteiger partial charge is 0.329 e. The van der Waals surface area contributed by atoms with E-state index in [9.17, 15) is 4.79 Å². The summed E-state index contributed by atoms with van der Waals surface area (Å²) in [6.45, 7) is 0.242. The van der Waals surface area contributed by atoms with E-state index < -0.39 is 5.97 Å². The second kappa shape index (κ2) is 5.36.